The summed E-state index contributed by atoms with van der Waals surface area (Å²) in [7, 11) is 0. The summed E-state index contributed by atoms with van der Waals surface area (Å²) in [4.78, 5) is 55.1. The van der Waals surface area contributed by atoms with Crippen LogP contribution in [0.2, 0.25) is 0 Å². The van der Waals surface area contributed by atoms with Gasteiger partial charge >= 0.3 is 12.1 Å². The molecular formula is C31H33N3O6. The number of ether oxygens (including phenoxy) is 1. The zero-order chi connectivity index (χ0) is 28.6. The zero-order valence-electron chi connectivity index (χ0n) is 22.6. The minimum absolute atomic E-state index is 0.00134. The van der Waals surface area contributed by atoms with Crippen molar-refractivity contribution >= 4 is 23.9 Å². The molecule has 1 fully saturated rings. The molecule has 0 aliphatic carbocycles. The topological polar surface area (TPSA) is 116 Å². The lowest BCUT2D eigenvalue weighted by molar-refractivity contribution is -0.139. The van der Waals surface area contributed by atoms with Gasteiger partial charge in [0.1, 0.15) is 6.61 Å². The van der Waals surface area contributed by atoms with E-state index in [-0.39, 0.29) is 26.1 Å². The molecule has 0 aromatic heterocycles. The SMILES string of the molecule is Cc1ccc(C(=O)N2CCCN(C(=O)OCc3ccccc3)C2C(=O)NC(CC(=O)O)c2cccc(C)c2)cc1. The number of benzene rings is 3. The Balaban J connectivity index is 1.64. The number of carbonyl (C=O) groups is 4. The second-order valence-corrected chi connectivity index (χ2v) is 9.90. The third kappa shape index (κ3) is 7.05. The number of aryl methyl sites for hydroxylation is 2. The lowest BCUT2D eigenvalue weighted by Gasteiger charge is -2.42. The molecule has 0 radical (unpaired) electrons. The molecule has 0 bridgehead atoms. The number of hydrogen-bond donors (Lipinski definition) is 2. The van der Waals surface area contributed by atoms with Gasteiger partial charge < -0.3 is 20.1 Å². The number of carboxylic acid groups (broad SMARTS) is 1. The maximum atomic E-state index is 13.9. The van der Waals surface area contributed by atoms with Crippen molar-refractivity contribution < 1.29 is 29.0 Å². The molecule has 1 aliphatic rings. The lowest BCUT2D eigenvalue weighted by atomic mass is 10.0. The first-order valence-electron chi connectivity index (χ1n) is 13.2. The zero-order valence-corrected chi connectivity index (χ0v) is 22.6. The lowest BCUT2D eigenvalue weighted by Crippen LogP contribution is -2.63. The van der Waals surface area contributed by atoms with Crippen LogP contribution in [-0.4, -0.2) is 58.0 Å². The minimum Gasteiger partial charge on any atom is -0.481 e. The van der Waals surface area contributed by atoms with Gasteiger partial charge in [0.05, 0.1) is 12.5 Å². The maximum absolute atomic E-state index is 13.9. The van der Waals surface area contributed by atoms with Gasteiger partial charge in [-0.05, 0) is 43.5 Å². The number of aliphatic carboxylic acids is 1. The van der Waals surface area contributed by atoms with E-state index in [1.165, 1.54) is 9.80 Å². The van der Waals surface area contributed by atoms with Gasteiger partial charge in [0.2, 0.25) is 0 Å². The first kappa shape index (κ1) is 28.4. The Kier molecular flexibility index (Phi) is 9.16. The molecule has 2 N–H and O–H groups in total. The summed E-state index contributed by atoms with van der Waals surface area (Å²) in [6.45, 7) is 4.21. The van der Waals surface area contributed by atoms with E-state index in [0.717, 1.165) is 16.7 Å². The fourth-order valence-corrected chi connectivity index (χ4v) is 4.74. The van der Waals surface area contributed by atoms with E-state index in [4.69, 9.17) is 4.74 Å². The molecule has 0 saturated carbocycles. The average Bonchev–Trinajstić information content (AvgIpc) is 2.95. The molecule has 0 spiro atoms. The number of nitrogens with one attached hydrogen (secondary N) is 1. The van der Waals surface area contributed by atoms with Gasteiger partial charge in [-0.2, -0.15) is 0 Å². The highest BCUT2D eigenvalue weighted by molar-refractivity contribution is 5.98. The van der Waals surface area contributed by atoms with Crippen LogP contribution in [0.5, 0.6) is 0 Å². The Hall–Kier alpha value is -4.66. The summed E-state index contributed by atoms with van der Waals surface area (Å²) >= 11 is 0. The Morgan fingerprint density at radius 1 is 0.900 bits per heavy atom. The van der Waals surface area contributed by atoms with Crippen molar-refractivity contribution in [1.82, 2.24) is 15.1 Å². The van der Waals surface area contributed by atoms with Crippen molar-refractivity contribution in [3.63, 3.8) is 0 Å². The third-order valence-corrected chi connectivity index (χ3v) is 6.76. The van der Waals surface area contributed by atoms with Gasteiger partial charge in [-0.25, -0.2) is 4.79 Å². The maximum Gasteiger partial charge on any atom is 0.412 e. The number of amides is 3. The molecule has 40 heavy (non-hydrogen) atoms. The van der Waals surface area contributed by atoms with Crippen molar-refractivity contribution in [2.24, 2.45) is 0 Å². The van der Waals surface area contributed by atoms with Crippen LogP contribution in [-0.2, 0) is 20.9 Å². The summed E-state index contributed by atoms with van der Waals surface area (Å²) < 4.78 is 5.54. The molecular weight excluding hydrogens is 510 g/mol. The summed E-state index contributed by atoms with van der Waals surface area (Å²) in [6.07, 6.45) is -1.99. The van der Waals surface area contributed by atoms with E-state index in [0.29, 0.717) is 17.5 Å². The molecule has 3 aromatic rings. The molecule has 1 aliphatic heterocycles. The van der Waals surface area contributed by atoms with E-state index in [9.17, 15) is 24.3 Å². The van der Waals surface area contributed by atoms with Crippen molar-refractivity contribution in [3.8, 4) is 0 Å². The van der Waals surface area contributed by atoms with Crippen LogP contribution in [0, 0.1) is 13.8 Å². The molecule has 2 atom stereocenters. The molecule has 1 saturated heterocycles. The van der Waals surface area contributed by atoms with Crippen molar-refractivity contribution in [1.29, 1.82) is 0 Å². The highest BCUT2D eigenvalue weighted by Gasteiger charge is 2.42. The predicted molar refractivity (Wildman–Crippen MR) is 148 cm³/mol. The number of carboxylic acids is 1. The van der Waals surface area contributed by atoms with E-state index in [1.807, 2.05) is 50.2 Å². The summed E-state index contributed by atoms with van der Waals surface area (Å²) in [6, 6.07) is 22.4. The minimum atomic E-state index is -1.33. The van der Waals surface area contributed by atoms with Gasteiger partial charge in [-0.15, -0.1) is 0 Å². The molecule has 2 unspecified atom stereocenters. The van der Waals surface area contributed by atoms with Gasteiger partial charge in [0, 0.05) is 18.7 Å². The van der Waals surface area contributed by atoms with Crippen molar-refractivity contribution in [2.75, 3.05) is 13.1 Å². The number of nitrogens with zero attached hydrogens (tertiary/aromatic N) is 2. The Labute approximate surface area is 233 Å². The number of rotatable bonds is 8. The summed E-state index contributed by atoms with van der Waals surface area (Å²) in [5, 5.41) is 12.4. The fraction of sp³-hybridized carbons (Fsp3) is 0.290. The van der Waals surface area contributed by atoms with Crippen molar-refractivity contribution in [2.45, 2.75) is 45.5 Å². The van der Waals surface area contributed by atoms with Crippen LogP contribution in [0.15, 0.2) is 78.9 Å². The van der Waals surface area contributed by atoms with Gasteiger partial charge in [0.25, 0.3) is 11.8 Å². The highest BCUT2D eigenvalue weighted by atomic mass is 16.6. The first-order valence-corrected chi connectivity index (χ1v) is 13.2. The quantitative estimate of drug-likeness (QED) is 0.434. The fourth-order valence-electron chi connectivity index (χ4n) is 4.74. The second kappa shape index (κ2) is 12.9. The van der Waals surface area contributed by atoms with Gasteiger partial charge in [-0.3, -0.25) is 19.3 Å². The largest absolute Gasteiger partial charge is 0.481 e. The van der Waals surface area contributed by atoms with Crippen LogP contribution in [0.4, 0.5) is 4.79 Å². The van der Waals surface area contributed by atoms with Crippen molar-refractivity contribution in [3.05, 3.63) is 107 Å². The first-order chi connectivity index (χ1) is 19.2. The third-order valence-electron chi connectivity index (χ3n) is 6.76. The van der Waals surface area contributed by atoms with Gasteiger partial charge in [-0.1, -0.05) is 77.9 Å². The van der Waals surface area contributed by atoms with Crippen LogP contribution in [0.1, 0.15) is 51.5 Å². The molecule has 3 amide bonds. The van der Waals surface area contributed by atoms with Crippen LogP contribution in [0.25, 0.3) is 0 Å². The molecule has 3 aromatic carbocycles. The Bertz CT molecular complexity index is 1360. The summed E-state index contributed by atoms with van der Waals surface area (Å²) in [5.41, 5.74) is 3.65. The predicted octanol–water partition coefficient (Wildman–Crippen LogP) is 4.45. The number of carbonyl (C=O) groups excluding carboxylic acids is 3. The normalized spacial score (nSPS) is 15.7. The smallest absolute Gasteiger partial charge is 0.412 e. The van der Waals surface area contributed by atoms with E-state index < -0.39 is 36.1 Å². The van der Waals surface area contributed by atoms with Crippen LogP contribution in [0.3, 0.4) is 0 Å². The second-order valence-electron chi connectivity index (χ2n) is 9.90. The molecule has 1 heterocycles. The Morgan fingerprint density at radius 3 is 2.27 bits per heavy atom. The monoisotopic (exact) mass is 543 g/mol. The van der Waals surface area contributed by atoms with E-state index in [2.05, 4.69) is 5.32 Å². The summed E-state index contributed by atoms with van der Waals surface area (Å²) in [5.74, 6) is -2.17. The average molecular weight is 544 g/mol. The molecule has 4 rings (SSSR count). The standard InChI is InChI=1S/C31H33N3O6/c1-21-12-14-24(15-13-21)30(38)33-16-7-17-34(31(39)40-20-23-9-4-3-5-10-23)29(33)28(37)32-26(19-27(35)36)25-11-6-8-22(2)18-25/h3-6,8-15,18,26,29H,7,16-17,19-20H2,1-2H3,(H,32,37)(H,35,36). The molecule has 208 valence electrons. The van der Waals surface area contributed by atoms with Crippen LogP contribution >= 0.6 is 0 Å². The molecule has 9 heteroatoms. The highest BCUT2D eigenvalue weighted by Crippen LogP contribution is 2.23. The van der Waals surface area contributed by atoms with Gasteiger partial charge in [0.15, 0.2) is 6.17 Å². The number of hydrogen-bond acceptors (Lipinski definition) is 5. The van der Waals surface area contributed by atoms with E-state index >= 15 is 0 Å². The van der Waals surface area contributed by atoms with E-state index in [1.54, 1.807) is 42.5 Å². The van der Waals surface area contributed by atoms with Crippen LogP contribution < -0.4 is 5.32 Å². The Morgan fingerprint density at radius 2 is 1.60 bits per heavy atom. The molecule has 9 nitrogen and oxygen atoms in total.